The van der Waals surface area contributed by atoms with Crippen molar-refractivity contribution in [3.63, 3.8) is 0 Å². The molecule has 0 aliphatic rings. The van der Waals surface area contributed by atoms with E-state index < -0.39 is 21.8 Å². The molecule has 200 valence electrons. The Bertz CT molecular complexity index is 1830. The number of rotatable bonds is 7. The first-order valence-electron chi connectivity index (χ1n) is 11.2. The maximum atomic E-state index is 13.7. The Labute approximate surface area is 229 Å². The molecule has 0 amide bonds. The number of aromatic nitrogens is 4. The summed E-state index contributed by atoms with van der Waals surface area (Å²) in [5.74, 6) is 0.226. The lowest BCUT2D eigenvalue weighted by Gasteiger charge is -2.17. The van der Waals surface area contributed by atoms with E-state index in [1.807, 2.05) is 6.07 Å². The Hall–Kier alpha value is -4.87. The maximum Gasteiger partial charge on any atom is 0.417 e. The summed E-state index contributed by atoms with van der Waals surface area (Å²) in [5, 5.41) is 17.4. The van der Waals surface area contributed by atoms with Crippen molar-refractivity contribution in [3.8, 4) is 39.8 Å². The van der Waals surface area contributed by atoms with E-state index >= 15 is 0 Å². The van der Waals surface area contributed by atoms with Gasteiger partial charge in [-0.05, 0) is 53.6 Å². The second kappa shape index (κ2) is 10.7. The lowest BCUT2D eigenvalue weighted by molar-refractivity contribution is -0.137. The van der Waals surface area contributed by atoms with Crippen molar-refractivity contribution in [2.75, 3.05) is 4.72 Å². The third kappa shape index (κ3) is 5.60. The number of anilines is 1. The molecule has 2 heterocycles. The Balaban J connectivity index is 1.56. The topological polar surface area (TPSA) is 131 Å². The number of sulfonamides is 1. The molecule has 0 saturated heterocycles. The summed E-state index contributed by atoms with van der Waals surface area (Å²) in [4.78, 5) is 3.58. The van der Waals surface area contributed by atoms with Gasteiger partial charge in [0.25, 0.3) is 10.0 Å². The predicted molar refractivity (Wildman–Crippen MR) is 140 cm³/mol. The molecule has 0 unspecified atom stereocenters. The molecule has 0 fully saturated rings. The van der Waals surface area contributed by atoms with Gasteiger partial charge in [-0.2, -0.15) is 33.0 Å². The van der Waals surface area contributed by atoms with E-state index in [0.717, 1.165) is 23.7 Å². The molecule has 3 aromatic carbocycles. The van der Waals surface area contributed by atoms with Crippen LogP contribution >= 0.6 is 11.5 Å². The van der Waals surface area contributed by atoms with Crippen molar-refractivity contribution in [1.82, 2.24) is 19.6 Å². The highest BCUT2D eigenvalue weighted by Gasteiger charge is 2.33. The van der Waals surface area contributed by atoms with Gasteiger partial charge in [-0.3, -0.25) is 4.72 Å². The molecule has 0 radical (unpaired) electrons. The van der Waals surface area contributed by atoms with Crippen LogP contribution in [0, 0.1) is 11.3 Å². The fourth-order valence-electron chi connectivity index (χ4n) is 3.81. The van der Waals surface area contributed by atoms with Crippen molar-refractivity contribution < 1.29 is 26.3 Å². The summed E-state index contributed by atoms with van der Waals surface area (Å²) in [7, 11) is -4.06. The van der Waals surface area contributed by atoms with Gasteiger partial charge < -0.3 is 4.74 Å². The van der Waals surface area contributed by atoms with E-state index in [-0.39, 0.29) is 38.2 Å². The van der Waals surface area contributed by atoms with Crippen LogP contribution in [0.3, 0.4) is 0 Å². The first-order valence-corrected chi connectivity index (χ1v) is 13.5. The number of nitriles is 1. The molecule has 9 nitrogen and oxygen atoms in total. The van der Waals surface area contributed by atoms with Gasteiger partial charge in [-0.1, -0.05) is 24.3 Å². The number of hydrogen-bond acceptors (Lipinski definition) is 9. The molecular formula is C26H15F3N6O3S2. The fourth-order valence-corrected chi connectivity index (χ4v) is 5.49. The molecule has 5 rings (SSSR count). The minimum absolute atomic E-state index is 0.0278. The lowest BCUT2D eigenvalue weighted by atomic mass is 9.95. The van der Waals surface area contributed by atoms with E-state index in [1.54, 1.807) is 6.07 Å². The van der Waals surface area contributed by atoms with Gasteiger partial charge >= 0.3 is 6.18 Å². The molecular weight excluding hydrogens is 565 g/mol. The molecule has 0 aliphatic carbocycles. The van der Waals surface area contributed by atoms with Crippen LogP contribution < -0.4 is 9.46 Å². The Morgan fingerprint density at radius 3 is 2.42 bits per heavy atom. The van der Waals surface area contributed by atoms with Gasteiger partial charge in [-0.25, -0.2) is 13.4 Å². The quantitative estimate of drug-likeness (QED) is 0.243. The smallest absolute Gasteiger partial charge is 0.417 e. The first-order chi connectivity index (χ1) is 19.2. The maximum absolute atomic E-state index is 13.7. The van der Waals surface area contributed by atoms with E-state index in [1.165, 1.54) is 67.3 Å². The van der Waals surface area contributed by atoms with E-state index in [9.17, 15) is 26.9 Å². The van der Waals surface area contributed by atoms with Crippen LogP contribution in [0.2, 0.25) is 0 Å². The highest BCUT2D eigenvalue weighted by molar-refractivity contribution is 7.93. The number of nitrogens with zero attached hydrogens (tertiary/aromatic N) is 5. The molecule has 0 aliphatic heterocycles. The molecule has 40 heavy (non-hydrogen) atoms. The minimum atomic E-state index is -4.57. The van der Waals surface area contributed by atoms with Gasteiger partial charge in [0, 0.05) is 22.7 Å². The highest BCUT2D eigenvalue weighted by atomic mass is 32.2. The fraction of sp³-hybridized carbons (Fsp3) is 0.0385. The monoisotopic (exact) mass is 580 g/mol. The molecule has 0 spiro atoms. The Morgan fingerprint density at radius 2 is 1.73 bits per heavy atom. The molecule has 5 aromatic rings. The van der Waals surface area contributed by atoms with E-state index in [0.29, 0.717) is 11.1 Å². The van der Waals surface area contributed by atoms with Crippen LogP contribution in [-0.2, 0) is 16.2 Å². The van der Waals surface area contributed by atoms with Crippen LogP contribution in [0.25, 0.3) is 22.3 Å². The Kier molecular flexibility index (Phi) is 7.16. The van der Waals surface area contributed by atoms with Crippen molar-refractivity contribution >= 4 is 26.7 Å². The molecule has 1 N–H and O–H groups in total. The zero-order valence-electron chi connectivity index (χ0n) is 20.0. The normalized spacial score (nSPS) is 11.6. The SMILES string of the molecule is N#Cc1cc(S(=O)(=O)Nc2ncns2)ccc1Oc1ccc(-c2ccccc2C(F)(F)F)cc1-c1ccnnc1. The van der Waals surface area contributed by atoms with Crippen LogP contribution in [0.4, 0.5) is 18.3 Å². The summed E-state index contributed by atoms with van der Waals surface area (Å²) in [5.41, 5.74) is 0.230. The zero-order chi connectivity index (χ0) is 28.3. The number of hydrogen-bond donors (Lipinski definition) is 1. The van der Waals surface area contributed by atoms with Crippen LogP contribution in [0.1, 0.15) is 11.1 Å². The summed E-state index contributed by atoms with van der Waals surface area (Å²) >= 11 is 0.847. The predicted octanol–water partition coefficient (Wildman–Crippen LogP) is 6.15. The molecule has 14 heteroatoms. The van der Waals surface area contributed by atoms with Gasteiger partial charge in [0.1, 0.15) is 23.9 Å². The first kappa shape index (κ1) is 26.7. The molecule has 2 aromatic heterocycles. The summed E-state index contributed by atoms with van der Waals surface area (Å²) in [6.45, 7) is 0. The minimum Gasteiger partial charge on any atom is -0.455 e. The summed E-state index contributed by atoms with van der Waals surface area (Å²) < 4.78 is 78.6. The standard InChI is InChI=1S/C26H15F3N6O3S2/c27-26(28,29)22-4-2-1-3-20(22)16-5-7-24(21(12-16)17-9-10-32-33-14-17)38-23-8-6-19(11-18(23)13-30)40(36,37)35-25-31-15-34-39-25/h1-12,14-15H,(H,31,34,35). The third-order valence-electron chi connectivity index (χ3n) is 5.60. The Morgan fingerprint density at radius 1 is 0.925 bits per heavy atom. The van der Waals surface area contributed by atoms with Crippen LogP contribution in [0.5, 0.6) is 11.5 Å². The van der Waals surface area contributed by atoms with Crippen molar-refractivity contribution in [2.45, 2.75) is 11.1 Å². The molecule has 0 saturated carbocycles. The van der Waals surface area contributed by atoms with Gasteiger partial charge in [-0.15, -0.1) is 0 Å². The number of benzene rings is 3. The second-order valence-corrected chi connectivity index (χ2v) is 10.6. The van der Waals surface area contributed by atoms with E-state index in [4.69, 9.17) is 4.74 Å². The number of alkyl halides is 3. The largest absolute Gasteiger partial charge is 0.455 e. The third-order valence-corrected chi connectivity index (χ3v) is 7.65. The average Bonchev–Trinajstić information content (AvgIpc) is 3.46. The lowest BCUT2D eigenvalue weighted by Crippen LogP contribution is -2.13. The second-order valence-electron chi connectivity index (χ2n) is 8.11. The van der Waals surface area contributed by atoms with E-state index in [2.05, 4.69) is 24.3 Å². The van der Waals surface area contributed by atoms with Gasteiger partial charge in [0.05, 0.1) is 28.4 Å². The number of ether oxygens (including phenoxy) is 1. The van der Waals surface area contributed by atoms with Crippen LogP contribution in [-0.4, -0.2) is 28.0 Å². The summed E-state index contributed by atoms with van der Waals surface area (Å²) in [6.07, 6.45) is -0.537. The number of halogens is 3. The van der Waals surface area contributed by atoms with Crippen molar-refractivity contribution in [2.24, 2.45) is 0 Å². The van der Waals surface area contributed by atoms with Crippen molar-refractivity contribution in [3.05, 3.63) is 96.6 Å². The van der Waals surface area contributed by atoms with Crippen molar-refractivity contribution in [1.29, 1.82) is 5.26 Å². The van der Waals surface area contributed by atoms with Crippen LogP contribution in [0.15, 0.2) is 90.3 Å². The number of nitrogens with one attached hydrogen (secondary N) is 1. The zero-order valence-corrected chi connectivity index (χ0v) is 21.6. The average molecular weight is 581 g/mol. The molecule has 0 atom stereocenters. The van der Waals surface area contributed by atoms with Gasteiger partial charge in [0.15, 0.2) is 0 Å². The van der Waals surface area contributed by atoms with Gasteiger partial charge in [0.2, 0.25) is 5.13 Å². The molecule has 0 bridgehead atoms. The highest BCUT2D eigenvalue weighted by Crippen LogP contribution is 2.41. The summed E-state index contributed by atoms with van der Waals surface area (Å²) in [6, 6.07) is 16.9.